The van der Waals surface area contributed by atoms with Crippen molar-refractivity contribution in [2.75, 3.05) is 13.1 Å². The first-order chi connectivity index (χ1) is 7.68. The lowest BCUT2D eigenvalue weighted by Crippen LogP contribution is -2.49. The van der Waals surface area contributed by atoms with Gasteiger partial charge in [0.15, 0.2) is 0 Å². The van der Waals surface area contributed by atoms with E-state index in [1.807, 2.05) is 0 Å². The number of ether oxygens (including phenoxy) is 1. The number of piperidine rings is 1. The summed E-state index contributed by atoms with van der Waals surface area (Å²) in [5.74, 6) is 2.94. The van der Waals surface area contributed by atoms with Crippen molar-refractivity contribution in [3.05, 3.63) is 11.8 Å². The fraction of sp³-hybridized carbons (Fsp3) is 0.857. The minimum atomic E-state index is 0.473. The Hall–Kier alpha value is -0.500. The van der Waals surface area contributed by atoms with Crippen LogP contribution < -0.4 is 5.32 Å². The maximum atomic E-state index is 6.24. The smallest absolute Gasteiger partial charge is 0.101 e. The van der Waals surface area contributed by atoms with Crippen LogP contribution in [0.4, 0.5) is 0 Å². The highest BCUT2D eigenvalue weighted by molar-refractivity contribution is 5.19. The van der Waals surface area contributed by atoms with E-state index >= 15 is 0 Å². The highest BCUT2D eigenvalue weighted by atomic mass is 16.5. The first kappa shape index (κ1) is 10.6. The Kier molecular flexibility index (Phi) is 2.50. The van der Waals surface area contributed by atoms with Gasteiger partial charge in [0.1, 0.15) is 6.10 Å². The second-order valence-corrected chi connectivity index (χ2v) is 6.22. The van der Waals surface area contributed by atoms with Gasteiger partial charge in [-0.1, -0.05) is 13.8 Å². The van der Waals surface area contributed by atoms with Crippen molar-refractivity contribution in [3.63, 3.8) is 0 Å². The lowest BCUT2D eigenvalue weighted by molar-refractivity contribution is -0.0637. The predicted octanol–water partition coefficient (Wildman–Crippen LogP) is 2.70. The van der Waals surface area contributed by atoms with Gasteiger partial charge >= 0.3 is 0 Å². The van der Waals surface area contributed by atoms with Gasteiger partial charge in [-0.15, -0.1) is 0 Å². The molecule has 0 amide bonds. The van der Waals surface area contributed by atoms with E-state index in [9.17, 15) is 0 Å². The standard InChI is InChI=1S/C14H23NO/c1-14(2)10-3-4-13(12(14)9-10)16-11-5-7-15-8-6-11/h4,10-12,15H,3,5-9H2,1-2H3. The Morgan fingerprint density at radius 2 is 2.06 bits per heavy atom. The normalized spacial score (nSPS) is 37.5. The summed E-state index contributed by atoms with van der Waals surface area (Å²) < 4.78 is 6.24. The number of nitrogens with one attached hydrogen (secondary N) is 1. The molecule has 4 aliphatic rings. The lowest BCUT2D eigenvalue weighted by atomic mass is 9.50. The summed E-state index contributed by atoms with van der Waals surface area (Å²) in [4.78, 5) is 0. The molecule has 2 fully saturated rings. The maximum absolute atomic E-state index is 6.24. The number of hydrogen-bond acceptors (Lipinski definition) is 2. The van der Waals surface area contributed by atoms with Crippen molar-refractivity contribution in [2.45, 2.75) is 45.6 Å². The zero-order valence-corrected chi connectivity index (χ0v) is 10.5. The molecule has 0 aromatic carbocycles. The largest absolute Gasteiger partial charge is 0.495 e. The van der Waals surface area contributed by atoms with Crippen LogP contribution in [0.5, 0.6) is 0 Å². The quantitative estimate of drug-likeness (QED) is 0.774. The highest BCUT2D eigenvalue weighted by Crippen LogP contribution is 2.59. The van der Waals surface area contributed by atoms with Crippen molar-refractivity contribution in [2.24, 2.45) is 17.3 Å². The van der Waals surface area contributed by atoms with Gasteiger partial charge in [-0.25, -0.2) is 0 Å². The van der Waals surface area contributed by atoms with E-state index in [1.54, 1.807) is 0 Å². The summed E-state index contributed by atoms with van der Waals surface area (Å²) in [6.07, 6.45) is 7.79. The van der Waals surface area contributed by atoms with Crippen LogP contribution in [-0.4, -0.2) is 19.2 Å². The van der Waals surface area contributed by atoms with Crippen LogP contribution in [0, 0.1) is 17.3 Å². The summed E-state index contributed by atoms with van der Waals surface area (Å²) in [7, 11) is 0. The minimum Gasteiger partial charge on any atom is -0.495 e. The van der Waals surface area contributed by atoms with Crippen LogP contribution >= 0.6 is 0 Å². The molecule has 4 rings (SSSR count). The van der Waals surface area contributed by atoms with Crippen molar-refractivity contribution < 1.29 is 4.74 Å². The number of hydrogen-bond donors (Lipinski definition) is 1. The lowest BCUT2D eigenvalue weighted by Gasteiger charge is -2.56. The maximum Gasteiger partial charge on any atom is 0.101 e. The van der Waals surface area contributed by atoms with Gasteiger partial charge in [0.2, 0.25) is 0 Å². The molecular weight excluding hydrogens is 198 g/mol. The highest BCUT2D eigenvalue weighted by Gasteiger charge is 2.52. The molecule has 1 aliphatic heterocycles. The summed E-state index contributed by atoms with van der Waals surface area (Å²) >= 11 is 0. The molecular formula is C14H23NO. The zero-order valence-electron chi connectivity index (χ0n) is 10.5. The Bertz CT molecular complexity index is 302. The topological polar surface area (TPSA) is 21.3 Å². The third-order valence-electron chi connectivity index (χ3n) is 5.01. The van der Waals surface area contributed by atoms with Crippen LogP contribution in [0.25, 0.3) is 0 Å². The van der Waals surface area contributed by atoms with Crippen molar-refractivity contribution in [3.8, 4) is 0 Å². The van der Waals surface area contributed by atoms with Crippen molar-refractivity contribution in [1.82, 2.24) is 5.32 Å². The summed E-state index contributed by atoms with van der Waals surface area (Å²) in [5, 5.41) is 3.39. The van der Waals surface area contributed by atoms with Crippen molar-refractivity contribution >= 4 is 0 Å². The Labute approximate surface area is 98.4 Å². The van der Waals surface area contributed by atoms with E-state index in [2.05, 4.69) is 25.2 Å². The van der Waals surface area contributed by atoms with E-state index in [-0.39, 0.29) is 0 Å². The average Bonchev–Trinajstić information content (AvgIpc) is 2.30. The van der Waals surface area contributed by atoms with Crippen LogP contribution in [0.3, 0.4) is 0 Å². The van der Waals surface area contributed by atoms with E-state index in [0.717, 1.165) is 19.0 Å². The van der Waals surface area contributed by atoms with Gasteiger partial charge in [-0.05, 0) is 56.2 Å². The average molecular weight is 221 g/mol. The van der Waals surface area contributed by atoms with E-state index in [4.69, 9.17) is 4.74 Å². The summed E-state index contributed by atoms with van der Waals surface area (Å²) in [5.41, 5.74) is 0.497. The minimum absolute atomic E-state index is 0.473. The summed E-state index contributed by atoms with van der Waals surface area (Å²) in [6, 6.07) is 0. The molecule has 1 N–H and O–H groups in total. The van der Waals surface area contributed by atoms with Crippen molar-refractivity contribution in [1.29, 1.82) is 0 Å². The molecule has 1 heterocycles. The molecule has 0 spiro atoms. The Balaban J connectivity index is 1.65. The molecule has 0 radical (unpaired) electrons. The zero-order chi connectivity index (χ0) is 11.2. The first-order valence-electron chi connectivity index (χ1n) is 6.75. The first-order valence-corrected chi connectivity index (χ1v) is 6.75. The van der Waals surface area contributed by atoms with Gasteiger partial charge in [0.05, 0.1) is 5.76 Å². The molecule has 2 heteroatoms. The van der Waals surface area contributed by atoms with E-state index in [1.165, 1.54) is 31.4 Å². The summed E-state index contributed by atoms with van der Waals surface area (Å²) in [6.45, 7) is 7.05. The van der Waals surface area contributed by atoms with Gasteiger partial charge in [0, 0.05) is 5.92 Å². The van der Waals surface area contributed by atoms with Crippen LogP contribution in [0.1, 0.15) is 39.5 Å². The fourth-order valence-corrected chi connectivity index (χ4v) is 3.54. The molecule has 2 atom stereocenters. The number of allylic oxidation sites excluding steroid dienone is 2. The van der Waals surface area contributed by atoms with Gasteiger partial charge in [0.25, 0.3) is 0 Å². The molecule has 3 aliphatic carbocycles. The monoisotopic (exact) mass is 221 g/mol. The predicted molar refractivity (Wildman–Crippen MR) is 65.1 cm³/mol. The van der Waals surface area contributed by atoms with Gasteiger partial charge < -0.3 is 10.1 Å². The van der Waals surface area contributed by atoms with Crippen LogP contribution in [0.15, 0.2) is 11.8 Å². The van der Waals surface area contributed by atoms with Gasteiger partial charge in [-0.2, -0.15) is 0 Å². The SMILES string of the molecule is CC1(C)C2CC=C(OC3CCNCC3)C1C2. The molecule has 1 saturated heterocycles. The molecule has 2 unspecified atom stereocenters. The number of rotatable bonds is 2. The molecule has 2 bridgehead atoms. The third-order valence-corrected chi connectivity index (χ3v) is 5.01. The fourth-order valence-electron chi connectivity index (χ4n) is 3.54. The van der Waals surface area contributed by atoms with E-state index < -0.39 is 0 Å². The van der Waals surface area contributed by atoms with Gasteiger partial charge in [-0.3, -0.25) is 0 Å². The second-order valence-electron chi connectivity index (χ2n) is 6.22. The van der Waals surface area contributed by atoms with E-state index in [0.29, 0.717) is 17.4 Å². The molecule has 2 nitrogen and oxygen atoms in total. The molecule has 90 valence electrons. The van der Waals surface area contributed by atoms with Crippen LogP contribution in [-0.2, 0) is 4.74 Å². The molecule has 0 aromatic heterocycles. The molecule has 16 heavy (non-hydrogen) atoms. The Morgan fingerprint density at radius 1 is 1.31 bits per heavy atom. The third kappa shape index (κ3) is 1.58. The second kappa shape index (κ2) is 3.76. The Morgan fingerprint density at radius 3 is 2.69 bits per heavy atom. The molecule has 1 saturated carbocycles. The van der Waals surface area contributed by atoms with Crippen LogP contribution in [0.2, 0.25) is 0 Å². The molecule has 0 aromatic rings. The number of fused-ring (bicyclic) bond motifs is 1.